The fourth-order valence-corrected chi connectivity index (χ4v) is 12.0. The minimum Gasteiger partial charge on any atom is -0.207 e. The Bertz CT molecular complexity index is 959. The molecule has 0 saturated carbocycles. The summed E-state index contributed by atoms with van der Waals surface area (Å²) >= 11 is 0. The highest BCUT2D eigenvalue weighted by atomic mass is 32.2. The average molecular weight is 488 g/mol. The molecule has 3 nitrogen and oxygen atoms in total. The van der Waals surface area contributed by atoms with Gasteiger partial charge in [0.1, 0.15) is 8.07 Å². The number of hydrogen-bond donors (Lipinski definition) is 0. The summed E-state index contributed by atoms with van der Waals surface area (Å²) in [5.41, 5.74) is 7.56. The second-order valence-corrected chi connectivity index (χ2v) is 18.6. The largest absolute Gasteiger partial charge is 0.244 e. The number of sulfonamides is 1. The Balaban J connectivity index is 2.44. The van der Waals surface area contributed by atoms with Gasteiger partial charge in [0.25, 0.3) is 0 Å². The van der Waals surface area contributed by atoms with Crippen molar-refractivity contribution in [1.29, 1.82) is 0 Å². The summed E-state index contributed by atoms with van der Waals surface area (Å²) in [7, 11) is -5.53. The maximum Gasteiger partial charge on any atom is 0.244 e. The van der Waals surface area contributed by atoms with E-state index < -0.39 is 18.1 Å². The summed E-state index contributed by atoms with van der Waals surface area (Å²) in [6.45, 7) is 20.9. The molecule has 2 unspecified atom stereocenters. The van der Waals surface area contributed by atoms with E-state index in [1.54, 1.807) is 16.4 Å². The van der Waals surface area contributed by atoms with E-state index in [2.05, 4.69) is 72.9 Å². The summed E-state index contributed by atoms with van der Waals surface area (Å²) in [6.07, 6.45) is 4.23. The van der Waals surface area contributed by atoms with Crippen LogP contribution in [0.5, 0.6) is 0 Å². The summed E-state index contributed by atoms with van der Waals surface area (Å²) in [4.78, 5) is 0.354. The molecule has 5 heteroatoms. The molecule has 0 spiro atoms. The predicted molar refractivity (Wildman–Crippen MR) is 144 cm³/mol. The van der Waals surface area contributed by atoms with E-state index in [4.69, 9.17) is 0 Å². The highest BCUT2D eigenvalue weighted by molar-refractivity contribution is 7.89. The Hall–Kier alpha value is -1.35. The van der Waals surface area contributed by atoms with Crippen LogP contribution in [0.1, 0.15) is 73.8 Å². The smallest absolute Gasteiger partial charge is 0.207 e. The number of aryl methyl sites for hydroxylation is 1. The van der Waals surface area contributed by atoms with Crippen LogP contribution in [0.15, 0.2) is 40.8 Å². The monoisotopic (exact) mass is 487 g/mol. The standard InChI is InChI=1S/C28H45NO2SSi/c1-21(2)33(22(3)4,23(5)6)18-10-17-29(20-27-14-13-25(8)26(9)19-27)32(30,31)28-15-11-24(7)12-16-28/h11-12,14-16,21-23,25-26H,13,17,19-20H2,1-9H3. The van der Waals surface area contributed by atoms with Crippen LogP contribution in [0.4, 0.5) is 0 Å². The van der Waals surface area contributed by atoms with Crippen LogP contribution in [0, 0.1) is 30.2 Å². The van der Waals surface area contributed by atoms with Crippen LogP contribution in [0.3, 0.4) is 0 Å². The first-order valence-corrected chi connectivity index (χ1v) is 16.2. The molecular formula is C28H45NO2SSi. The number of nitrogens with zero attached hydrogens (tertiary/aromatic N) is 1. The van der Waals surface area contributed by atoms with E-state index in [9.17, 15) is 8.42 Å². The molecule has 0 aliphatic heterocycles. The minimum absolute atomic E-state index is 0.248. The van der Waals surface area contributed by atoms with Crippen molar-refractivity contribution in [2.45, 2.75) is 96.7 Å². The van der Waals surface area contributed by atoms with E-state index in [0.717, 1.165) is 18.4 Å². The van der Waals surface area contributed by atoms with E-state index in [1.165, 1.54) is 5.57 Å². The van der Waals surface area contributed by atoms with Gasteiger partial charge in [-0.3, -0.25) is 0 Å². The maximum atomic E-state index is 13.7. The third-order valence-electron chi connectivity index (χ3n) is 7.80. The molecule has 184 valence electrons. The Morgan fingerprint density at radius 3 is 2.00 bits per heavy atom. The first-order valence-electron chi connectivity index (χ1n) is 12.6. The predicted octanol–water partition coefficient (Wildman–Crippen LogP) is 7.20. The van der Waals surface area contributed by atoms with E-state index in [1.807, 2.05) is 19.1 Å². The van der Waals surface area contributed by atoms with Crippen LogP contribution in [-0.4, -0.2) is 33.9 Å². The number of allylic oxidation sites excluding steroid dienone is 1. The van der Waals surface area contributed by atoms with Gasteiger partial charge < -0.3 is 0 Å². The van der Waals surface area contributed by atoms with Crippen molar-refractivity contribution < 1.29 is 8.42 Å². The van der Waals surface area contributed by atoms with Gasteiger partial charge in [-0.2, -0.15) is 4.31 Å². The minimum atomic E-state index is -3.62. The normalized spacial score (nSPS) is 19.7. The van der Waals surface area contributed by atoms with Crippen molar-refractivity contribution in [1.82, 2.24) is 4.31 Å². The summed E-state index contributed by atoms with van der Waals surface area (Å²) in [5.74, 6) is 4.61. The average Bonchev–Trinajstić information content (AvgIpc) is 2.72. The highest BCUT2D eigenvalue weighted by Gasteiger charge is 2.41. The molecule has 0 radical (unpaired) electrons. The molecule has 1 aliphatic carbocycles. The highest BCUT2D eigenvalue weighted by Crippen LogP contribution is 2.40. The van der Waals surface area contributed by atoms with E-state index in [0.29, 0.717) is 39.9 Å². The first kappa shape index (κ1) is 27.9. The Kier molecular flexibility index (Phi) is 9.62. The van der Waals surface area contributed by atoms with Crippen molar-refractivity contribution in [2.75, 3.05) is 13.1 Å². The molecule has 0 aromatic heterocycles. The van der Waals surface area contributed by atoms with Crippen molar-refractivity contribution in [3.8, 4) is 11.5 Å². The molecule has 1 aromatic carbocycles. The number of benzene rings is 1. The topological polar surface area (TPSA) is 37.4 Å². The third kappa shape index (κ3) is 6.41. The van der Waals surface area contributed by atoms with Gasteiger partial charge in [0, 0.05) is 6.54 Å². The van der Waals surface area contributed by atoms with Crippen molar-refractivity contribution in [2.24, 2.45) is 11.8 Å². The molecule has 0 heterocycles. The quantitative estimate of drug-likeness (QED) is 0.221. The van der Waals surface area contributed by atoms with E-state index in [-0.39, 0.29) is 6.54 Å². The third-order valence-corrected chi connectivity index (χ3v) is 15.9. The lowest BCUT2D eigenvalue weighted by molar-refractivity contribution is 0.355. The molecule has 2 atom stereocenters. The molecular weight excluding hydrogens is 442 g/mol. The van der Waals surface area contributed by atoms with Gasteiger partial charge in [-0.1, -0.05) is 90.7 Å². The summed E-state index contributed by atoms with van der Waals surface area (Å²) in [6, 6.07) is 7.18. The molecule has 1 aliphatic rings. The molecule has 0 fully saturated rings. The van der Waals surface area contributed by atoms with Crippen molar-refractivity contribution in [3.05, 3.63) is 41.5 Å². The van der Waals surface area contributed by atoms with Gasteiger partial charge >= 0.3 is 0 Å². The lowest BCUT2D eigenvalue weighted by Crippen LogP contribution is -2.43. The van der Waals surface area contributed by atoms with Gasteiger partial charge in [-0.15, -0.1) is 5.54 Å². The first-order chi connectivity index (χ1) is 15.3. The SMILES string of the molecule is Cc1ccc(S(=O)(=O)N(CC#C[Si](C(C)C)(C(C)C)C(C)C)CC2=CCC(C)C(C)C2)cc1. The van der Waals surface area contributed by atoms with Gasteiger partial charge in [-0.05, 0) is 60.4 Å². The number of rotatable bonds is 8. The Morgan fingerprint density at radius 2 is 1.52 bits per heavy atom. The molecule has 0 amide bonds. The second-order valence-electron chi connectivity index (χ2n) is 11.0. The zero-order valence-corrected chi connectivity index (χ0v) is 24.1. The van der Waals surface area contributed by atoms with Gasteiger partial charge in [0.05, 0.1) is 11.4 Å². The lowest BCUT2D eigenvalue weighted by atomic mass is 9.82. The Labute approximate surface area is 205 Å². The van der Waals surface area contributed by atoms with Crippen LogP contribution in [0.2, 0.25) is 16.6 Å². The second kappa shape index (κ2) is 11.4. The van der Waals surface area contributed by atoms with Crippen LogP contribution >= 0.6 is 0 Å². The van der Waals surface area contributed by atoms with Gasteiger partial charge in [0.15, 0.2) is 0 Å². The van der Waals surface area contributed by atoms with E-state index >= 15 is 0 Å². The van der Waals surface area contributed by atoms with Crippen molar-refractivity contribution >= 4 is 18.1 Å². The van der Waals surface area contributed by atoms with Crippen LogP contribution < -0.4 is 0 Å². The summed E-state index contributed by atoms with van der Waals surface area (Å²) < 4.78 is 28.9. The molecule has 33 heavy (non-hydrogen) atoms. The fraction of sp³-hybridized carbons (Fsp3) is 0.643. The summed E-state index contributed by atoms with van der Waals surface area (Å²) in [5, 5.41) is 0. The molecule has 0 saturated heterocycles. The maximum absolute atomic E-state index is 13.7. The Morgan fingerprint density at radius 1 is 0.970 bits per heavy atom. The molecule has 0 N–H and O–H groups in total. The van der Waals surface area contributed by atoms with Crippen LogP contribution in [-0.2, 0) is 10.0 Å². The molecule has 1 aromatic rings. The fourth-order valence-electron chi connectivity index (χ4n) is 5.44. The van der Waals surface area contributed by atoms with Crippen molar-refractivity contribution in [3.63, 3.8) is 0 Å². The van der Waals surface area contributed by atoms with Crippen LogP contribution in [0.25, 0.3) is 0 Å². The lowest BCUT2D eigenvalue weighted by Gasteiger charge is -2.38. The van der Waals surface area contributed by atoms with Gasteiger partial charge in [-0.25, -0.2) is 8.42 Å². The van der Waals surface area contributed by atoms with Gasteiger partial charge in [0.2, 0.25) is 10.0 Å². The zero-order chi connectivity index (χ0) is 25.0. The molecule has 2 rings (SSSR count). The molecule has 0 bridgehead atoms. The zero-order valence-electron chi connectivity index (χ0n) is 22.3. The number of hydrogen-bond acceptors (Lipinski definition) is 2.